The Morgan fingerprint density at radius 3 is 2.40 bits per heavy atom. The predicted molar refractivity (Wildman–Crippen MR) is 149 cm³/mol. The van der Waals surface area contributed by atoms with Crippen LogP contribution < -0.4 is 15.8 Å². The van der Waals surface area contributed by atoms with E-state index in [0.717, 1.165) is 80.2 Å². The van der Waals surface area contributed by atoms with Crippen molar-refractivity contribution in [2.75, 3.05) is 43.4 Å². The molecular weight excluding hydrogens is 516 g/mol. The van der Waals surface area contributed by atoms with Crippen molar-refractivity contribution in [2.45, 2.75) is 32.2 Å². The standard InChI is InChI=1S/C29H31F2N7O2/c1-18-10-15-36(16-18)27-20-17-37(19-11-13-35(2)14-12-19)33-23(20)6-7-24(27)32-29(40)25-8-9-26(39)38(34-25)28-21(30)4-3-5-22(28)31/h3-9,17-19H,10-16H2,1-2H3,(H,32,40)/t18-/m0/s1. The average Bonchev–Trinajstić information content (AvgIpc) is 3.56. The molecule has 2 aliphatic heterocycles. The molecule has 11 heteroatoms. The summed E-state index contributed by atoms with van der Waals surface area (Å²) >= 11 is 0. The Morgan fingerprint density at radius 2 is 1.70 bits per heavy atom. The summed E-state index contributed by atoms with van der Waals surface area (Å²) in [5.41, 5.74) is 0.805. The van der Waals surface area contributed by atoms with E-state index in [-0.39, 0.29) is 5.69 Å². The number of carbonyl (C=O) groups is 1. The highest BCUT2D eigenvalue weighted by atomic mass is 19.1. The zero-order chi connectivity index (χ0) is 28.0. The van der Waals surface area contributed by atoms with Crippen LogP contribution in [0.3, 0.4) is 0 Å². The summed E-state index contributed by atoms with van der Waals surface area (Å²) < 4.78 is 31.4. The molecule has 9 nitrogen and oxygen atoms in total. The summed E-state index contributed by atoms with van der Waals surface area (Å²) in [4.78, 5) is 30.4. The normalized spacial score (nSPS) is 18.5. The first-order valence-corrected chi connectivity index (χ1v) is 13.6. The molecule has 0 aliphatic carbocycles. The number of fused-ring (bicyclic) bond motifs is 1. The molecule has 4 heterocycles. The number of anilines is 2. The van der Waals surface area contributed by atoms with Crippen molar-refractivity contribution in [3.63, 3.8) is 0 Å². The number of para-hydroxylation sites is 1. The van der Waals surface area contributed by atoms with Gasteiger partial charge in [-0.2, -0.15) is 14.9 Å². The summed E-state index contributed by atoms with van der Waals surface area (Å²) in [5.74, 6) is -2.00. The first-order valence-electron chi connectivity index (χ1n) is 13.6. The van der Waals surface area contributed by atoms with Gasteiger partial charge >= 0.3 is 0 Å². The fraction of sp³-hybridized carbons (Fsp3) is 0.379. The van der Waals surface area contributed by atoms with Gasteiger partial charge in [-0.25, -0.2) is 8.78 Å². The molecule has 2 aliphatic rings. The topological polar surface area (TPSA) is 88.3 Å². The van der Waals surface area contributed by atoms with E-state index < -0.39 is 28.8 Å². The van der Waals surface area contributed by atoms with Crippen LogP contribution in [0.1, 0.15) is 42.7 Å². The number of nitrogens with one attached hydrogen (secondary N) is 1. The number of nitrogens with zero attached hydrogens (tertiary/aromatic N) is 6. The molecule has 1 amide bonds. The average molecular weight is 548 g/mol. The van der Waals surface area contributed by atoms with Gasteiger partial charge in [0.2, 0.25) is 0 Å². The maximum atomic E-state index is 14.4. The molecule has 0 bridgehead atoms. The van der Waals surface area contributed by atoms with Crippen molar-refractivity contribution in [3.8, 4) is 5.69 Å². The van der Waals surface area contributed by atoms with Gasteiger partial charge in [-0.15, -0.1) is 0 Å². The minimum Gasteiger partial charge on any atom is -0.369 e. The second kappa shape index (κ2) is 10.5. The second-order valence-electron chi connectivity index (χ2n) is 10.9. The van der Waals surface area contributed by atoms with Crippen LogP contribution in [0.15, 0.2) is 53.5 Å². The minimum absolute atomic E-state index is 0.148. The molecule has 1 atom stereocenters. The van der Waals surface area contributed by atoms with Crippen molar-refractivity contribution in [3.05, 3.63) is 76.3 Å². The Hall–Kier alpha value is -4.12. The van der Waals surface area contributed by atoms with Gasteiger partial charge in [-0.05, 0) is 75.6 Å². The highest BCUT2D eigenvalue weighted by Gasteiger charge is 2.27. The molecule has 208 valence electrons. The number of aromatic nitrogens is 4. The van der Waals surface area contributed by atoms with Gasteiger partial charge in [0.15, 0.2) is 11.6 Å². The molecular formula is C29H31F2N7O2. The summed E-state index contributed by atoms with van der Waals surface area (Å²) in [6.45, 7) is 5.93. The van der Waals surface area contributed by atoms with Crippen LogP contribution in [0.4, 0.5) is 20.2 Å². The number of carbonyl (C=O) groups excluding carboxylic acids is 1. The smallest absolute Gasteiger partial charge is 0.276 e. The van der Waals surface area contributed by atoms with Crippen LogP contribution in [0.2, 0.25) is 0 Å². The summed E-state index contributed by atoms with van der Waals surface area (Å²) in [5, 5.41) is 12.8. The van der Waals surface area contributed by atoms with E-state index in [0.29, 0.717) is 22.3 Å². The summed E-state index contributed by atoms with van der Waals surface area (Å²) in [6, 6.07) is 9.62. The Kier molecular flexibility index (Phi) is 6.83. The number of piperidine rings is 1. The van der Waals surface area contributed by atoms with Crippen LogP contribution in [0.5, 0.6) is 0 Å². The summed E-state index contributed by atoms with van der Waals surface area (Å²) in [7, 11) is 2.13. The minimum atomic E-state index is -0.954. The van der Waals surface area contributed by atoms with Gasteiger partial charge in [0, 0.05) is 30.7 Å². The zero-order valence-electron chi connectivity index (χ0n) is 22.5. The molecule has 0 radical (unpaired) electrons. The Bertz CT molecular complexity index is 1620. The van der Waals surface area contributed by atoms with Crippen LogP contribution in [0.25, 0.3) is 16.6 Å². The molecule has 40 heavy (non-hydrogen) atoms. The maximum Gasteiger partial charge on any atom is 0.276 e. The number of hydrogen-bond donors (Lipinski definition) is 1. The third-order valence-electron chi connectivity index (χ3n) is 7.91. The van der Waals surface area contributed by atoms with Crippen molar-refractivity contribution >= 4 is 28.2 Å². The van der Waals surface area contributed by atoms with Crippen LogP contribution in [-0.2, 0) is 0 Å². The van der Waals surface area contributed by atoms with Gasteiger partial charge in [0.1, 0.15) is 11.4 Å². The van der Waals surface area contributed by atoms with Crippen molar-refractivity contribution in [2.24, 2.45) is 5.92 Å². The highest BCUT2D eigenvalue weighted by Crippen LogP contribution is 2.38. The fourth-order valence-corrected chi connectivity index (χ4v) is 5.69. The largest absolute Gasteiger partial charge is 0.369 e. The molecule has 4 aromatic rings. The number of hydrogen-bond acceptors (Lipinski definition) is 6. The molecule has 2 aromatic carbocycles. The van der Waals surface area contributed by atoms with Gasteiger partial charge in [0.05, 0.1) is 22.9 Å². The molecule has 0 spiro atoms. The van der Waals surface area contributed by atoms with E-state index in [9.17, 15) is 18.4 Å². The van der Waals surface area contributed by atoms with Crippen molar-refractivity contribution in [1.29, 1.82) is 0 Å². The molecule has 2 fully saturated rings. The highest BCUT2D eigenvalue weighted by molar-refractivity contribution is 6.08. The lowest BCUT2D eigenvalue weighted by Crippen LogP contribution is -2.31. The third-order valence-corrected chi connectivity index (χ3v) is 7.91. The Balaban J connectivity index is 1.37. The van der Waals surface area contributed by atoms with E-state index in [4.69, 9.17) is 5.10 Å². The van der Waals surface area contributed by atoms with E-state index >= 15 is 0 Å². The van der Waals surface area contributed by atoms with E-state index in [1.165, 1.54) is 12.1 Å². The molecule has 2 aromatic heterocycles. The Labute approximate surface area is 230 Å². The van der Waals surface area contributed by atoms with Crippen LogP contribution in [0, 0.1) is 17.6 Å². The lowest BCUT2D eigenvalue weighted by atomic mass is 10.1. The van der Waals surface area contributed by atoms with E-state index in [1.807, 2.05) is 12.1 Å². The third kappa shape index (κ3) is 4.85. The predicted octanol–water partition coefficient (Wildman–Crippen LogP) is 4.23. The van der Waals surface area contributed by atoms with Crippen molar-refractivity contribution < 1.29 is 13.6 Å². The van der Waals surface area contributed by atoms with Crippen LogP contribution in [-0.4, -0.2) is 63.6 Å². The van der Waals surface area contributed by atoms with Gasteiger partial charge < -0.3 is 15.1 Å². The van der Waals surface area contributed by atoms with E-state index in [1.54, 1.807) is 0 Å². The van der Waals surface area contributed by atoms with E-state index in [2.05, 4.69) is 45.1 Å². The lowest BCUT2D eigenvalue weighted by Gasteiger charge is -2.29. The number of likely N-dealkylation sites (tertiary alicyclic amines) is 1. The lowest BCUT2D eigenvalue weighted by molar-refractivity contribution is 0.102. The van der Waals surface area contributed by atoms with Gasteiger partial charge in [0.25, 0.3) is 11.5 Å². The zero-order valence-corrected chi connectivity index (χ0v) is 22.5. The van der Waals surface area contributed by atoms with Gasteiger partial charge in [-0.3, -0.25) is 14.3 Å². The Morgan fingerprint density at radius 1 is 0.950 bits per heavy atom. The fourth-order valence-electron chi connectivity index (χ4n) is 5.69. The SMILES string of the molecule is C[C@H]1CCN(c2c(NC(=O)c3ccc(=O)n(-c4c(F)cccc4F)n3)ccc3nn(C4CCN(C)CC4)cc23)C1. The first kappa shape index (κ1) is 26.1. The molecule has 2 saturated heterocycles. The maximum absolute atomic E-state index is 14.4. The monoisotopic (exact) mass is 547 g/mol. The number of rotatable bonds is 5. The second-order valence-corrected chi connectivity index (χ2v) is 10.9. The number of amides is 1. The van der Waals surface area contributed by atoms with Gasteiger partial charge in [-0.1, -0.05) is 13.0 Å². The molecule has 6 rings (SSSR count). The molecule has 0 saturated carbocycles. The molecule has 1 N–H and O–H groups in total. The van der Waals surface area contributed by atoms with Crippen molar-refractivity contribution in [1.82, 2.24) is 24.5 Å². The van der Waals surface area contributed by atoms with Crippen LogP contribution >= 0.6 is 0 Å². The molecule has 0 unspecified atom stereocenters. The first-order chi connectivity index (χ1) is 19.3. The summed E-state index contributed by atoms with van der Waals surface area (Å²) in [6.07, 6.45) is 5.16. The number of halogens is 2. The quantitative estimate of drug-likeness (QED) is 0.403. The number of benzene rings is 2.